The van der Waals surface area contributed by atoms with Crippen molar-refractivity contribution in [3.8, 4) is 11.1 Å². The molecule has 0 heterocycles. The summed E-state index contributed by atoms with van der Waals surface area (Å²) >= 11 is 0. The van der Waals surface area contributed by atoms with Crippen molar-refractivity contribution in [1.82, 2.24) is 0 Å². The molecule has 0 saturated heterocycles. The van der Waals surface area contributed by atoms with Gasteiger partial charge in [-0.25, -0.2) is 0 Å². The van der Waals surface area contributed by atoms with Gasteiger partial charge in [-0.15, -0.1) is 0 Å². The van der Waals surface area contributed by atoms with Crippen molar-refractivity contribution in [2.75, 3.05) is 9.80 Å². The fraction of sp³-hybridized carbons (Fsp3) is 0.213. The molecule has 63 heavy (non-hydrogen) atoms. The summed E-state index contributed by atoms with van der Waals surface area (Å²) in [4.78, 5) is 4.86. The summed E-state index contributed by atoms with van der Waals surface area (Å²) in [6.07, 6.45) is 0. The van der Waals surface area contributed by atoms with Crippen molar-refractivity contribution in [3.63, 3.8) is 0 Å². The van der Waals surface area contributed by atoms with Crippen molar-refractivity contribution in [2.45, 2.75) is 74.7 Å². The van der Waals surface area contributed by atoms with E-state index in [4.69, 9.17) is 0 Å². The number of hydrogen-bond donors (Lipinski definition) is 0. The van der Waals surface area contributed by atoms with Gasteiger partial charge in [0.15, 0.2) is 0 Å². The largest absolute Gasteiger partial charge is 0.310 e. The van der Waals surface area contributed by atoms with Crippen LogP contribution in [0.3, 0.4) is 0 Å². The van der Waals surface area contributed by atoms with E-state index < -0.39 is 0 Å². The topological polar surface area (TPSA) is 6.48 Å². The number of benzene rings is 9. The van der Waals surface area contributed by atoms with Gasteiger partial charge in [0, 0.05) is 39.5 Å². The van der Waals surface area contributed by atoms with E-state index in [9.17, 15) is 0 Å². The number of nitrogens with zero attached hydrogens (tertiary/aromatic N) is 2. The lowest BCUT2D eigenvalue weighted by atomic mass is 9.49. The van der Waals surface area contributed by atoms with Crippen LogP contribution < -0.4 is 9.80 Å². The molecule has 0 fully saturated rings. The van der Waals surface area contributed by atoms with Crippen LogP contribution in [0.25, 0.3) is 43.4 Å². The monoisotopic (exact) mass is 818 g/mol. The maximum absolute atomic E-state index is 2.57. The van der Waals surface area contributed by atoms with E-state index in [-0.39, 0.29) is 16.2 Å². The molecule has 312 valence electrons. The number of aryl methyl sites for hydroxylation is 4. The molecule has 0 aromatic heterocycles. The summed E-state index contributed by atoms with van der Waals surface area (Å²) in [6, 6.07) is 63.9. The van der Waals surface area contributed by atoms with Gasteiger partial charge in [-0.3, -0.25) is 0 Å². The molecule has 0 atom stereocenters. The van der Waals surface area contributed by atoms with E-state index in [0.29, 0.717) is 0 Å². The highest BCUT2D eigenvalue weighted by molar-refractivity contribution is 6.20. The number of para-hydroxylation sites is 2. The summed E-state index contributed by atoms with van der Waals surface area (Å²) in [6.45, 7) is 23.7. The van der Waals surface area contributed by atoms with Crippen LogP contribution in [0, 0.1) is 38.5 Å². The van der Waals surface area contributed by atoms with Crippen molar-refractivity contribution in [2.24, 2.45) is 10.8 Å². The molecule has 2 nitrogen and oxygen atoms in total. The average molecular weight is 819 g/mol. The molecule has 1 aliphatic rings. The van der Waals surface area contributed by atoms with Crippen LogP contribution in [0.15, 0.2) is 170 Å². The van der Waals surface area contributed by atoms with Crippen LogP contribution in [-0.4, -0.2) is 0 Å². The molecule has 0 saturated carbocycles. The molecular formula is C61H58N2. The van der Waals surface area contributed by atoms with Crippen molar-refractivity contribution >= 4 is 66.4 Å². The Morgan fingerprint density at radius 3 is 1.43 bits per heavy atom. The molecule has 0 unspecified atom stereocenters. The minimum atomic E-state index is -0.349. The smallest absolute Gasteiger partial charge is 0.0490 e. The Hall–Kier alpha value is -6.64. The highest BCUT2D eigenvalue weighted by Gasteiger charge is 2.58. The first-order valence-corrected chi connectivity index (χ1v) is 22.6. The zero-order valence-corrected chi connectivity index (χ0v) is 38.6. The fourth-order valence-electron chi connectivity index (χ4n) is 11.9. The Labute approximate surface area is 374 Å². The molecule has 0 aliphatic heterocycles. The minimum Gasteiger partial charge on any atom is -0.310 e. The van der Waals surface area contributed by atoms with E-state index in [1.165, 1.54) is 88.2 Å². The maximum atomic E-state index is 2.57. The van der Waals surface area contributed by atoms with E-state index in [1.807, 2.05) is 0 Å². The predicted molar refractivity (Wildman–Crippen MR) is 272 cm³/mol. The normalized spacial score (nSPS) is 13.4. The summed E-state index contributed by atoms with van der Waals surface area (Å²) in [5.41, 5.74) is 17.0. The highest BCUT2D eigenvalue weighted by Crippen LogP contribution is 2.68. The second-order valence-corrected chi connectivity index (χ2v) is 20.1. The lowest BCUT2D eigenvalue weighted by Gasteiger charge is -2.53. The van der Waals surface area contributed by atoms with Gasteiger partial charge in [0.1, 0.15) is 0 Å². The summed E-state index contributed by atoms with van der Waals surface area (Å²) < 4.78 is 0. The molecule has 0 spiro atoms. The Morgan fingerprint density at radius 2 is 0.889 bits per heavy atom. The standard InChI is InChI=1S/C61H58N2/c1-39-25-31-55(41(3)33-39)62(45-19-13-11-14-20-45)47-28-27-43-36-53-54(37-44(43)35-47)61(59(5,6)7,60(8,9)10)58-51-30-29-48(38-52(51)49-23-17-18-24-50(49)57(53)58)63(46-21-15-12-16-22-46)56-32-26-40(2)34-42(56)4/h11-38H,1-10H3. The van der Waals surface area contributed by atoms with Crippen LogP contribution in [0.2, 0.25) is 0 Å². The lowest BCUT2D eigenvalue weighted by Crippen LogP contribution is -2.50. The number of hydrogen-bond acceptors (Lipinski definition) is 2. The van der Waals surface area contributed by atoms with Crippen LogP contribution in [0.4, 0.5) is 34.1 Å². The van der Waals surface area contributed by atoms with Crippen LogP contribution in [-0.2, 0) is 5.41 Å². The van der Waals surface area contributed by atoms with Gasteiger partial charge in [-0.05, 0) is 177 Å². The first-order valence-electron chi connectivity index (χ1n) is 22.6. The Morgan fingerprint density at radius 1 is 0.381 bits per heavy atom. The summed E-state index contributed by atoms with van der Waals surface area (Å²) in [5, 5.41) is 7.73. The summed E-state index contributed by atoms with van der Waals surface area (Å²) in [5.74, 6) is 0. The molecule has 10 rings (SSSR count). The quantitative estimate of drug-likeness (QED) is 0.154. The third-order valence-electron chi connectivity index (χ3n) is 14.0. The van der Waals surface area contributed by atoms with Gasteiger partial charge < -0.3 is 9.80 Å². The Kier molecular flexibility index (Phi) is 9.46. The molecule has 2 heteroatoms. The van der Waals surface area contributed by atoms with Gasteiger partial charge in [0.2, 0.25) is 0 Å². The zero-order valence-electron chi connectivity index (χ0n) is 38.6. The molecule has 9 aromatic rings. The molecule has 0 radical (unpaired) electrons. The Balaban J connectivity index is 1.26. The van der Waals surface area contributed by atoms with Gasteiger partial charge in [0.05, 0.1) is 0 Å². The molecule has 0 amide bonds. The van der Waals surface area contributed by atoms with Crippen LogP contribution in [0.1, 0.15) is 74.9 Å². The second kappa shape index (κ2) is 14.7. The van der Waals surface area contributed by atoms with Gasteiger partial charge in [-0.1, -0.05) is 150 Å². The van der Waals surface area contributed by atoms with E-state index >= 15 is 0 Å². The maximum Gasteiger partial charge on any atom is 0.0490 e. The first-order chi connectivity index (χ1) is 30.2. The van der Waals surface area contributed by atoms with Crippen LogP contribution >= 0.6 is 0 Å². The summed E-state index contributed by atoms with van der Waals surface area (Å²) in [7, 11) is 0. The second-order valence-electron chi connectivity index (χ2n) is 20.1. The lowest BCUT2D eigenvalue weighted by molar-refractivity contribution is 0.0965. The third kappa shape index (κ3) is 6.29. The van der Waals surface area contributed by atoms with Gasteiger partial charge >= 0.3 is 0 Å². The molecule has 9 aromatic carbocycles. The fourth-order valence-corrected chi connectivity index (χ4v) is 11.9. The minimum absolute atomic E-state index is 0.158. The number of fused-ring (bicyclic) bond motifs is 9. The van der Waals surface area contributed by atoms with E-state index in [1.54, 1.807) is 0 Å². The van der Waals surface area contributed by atoms with E-state index in [0.717, 1.165) is 22.7 Å². The van der Waals surface area contributed by atoms with Crippen LogP contribution in [0.5, 0.6) is 0 Å². The van der Waals surface area contributed by atoms with Crippen molar-refractivity contribution < 1.29 is 0 Å². The molecule has 0 bridgehead atoms. The Bertz CT molecular complexity index is 3220. The van der Waals surface area contributed by atoms with Crippen molar-refractivity contribution in [3.05, 3.63) is 203 Å². The first kappa shape index (κ1) is 40.4. The van der Waals surface area contributed by atoms with E-state index in [2.05, 4.69) is 249 Å². The number of anilines is 6. The third-order valence-corrected chi connectivity index (χ3v) is 14.0. The molecular weight excluding hydrogens is 761 g/mol. The van der Waals surface area contributed by atoms with Gasteiger partial charge in [0.25, 0.3) is 0 Å². The van der Waals surface area contributed by atoms with Crippen molar-refractivity contribution in [1.29, 1.82) is 0 Å². The average Bonchev–Trinajstić information content (AvgIpc) is 3.57. The SMILES string of the molecule is Cc1ccc(N(c2ccccc2)c2ccc3cc4c(cc3c2)C(C(C)(C)C)(C(C)(C)C)c2c-4c3ccccc3c3cc(N(c4ccccc4)c4ccc(C)cc4C)ccc23)c(C)c1. The zero-order chi connectivity index (χ0) is 44.0. The molecule has 1 aliphatic carbocycles. The predicted octanol–water partition coefficient (Wildman–Crippen LogP) is 17.7. The number of rotatable bonds is 6. The van der Waals surface area contributed by atoms with Gasteiger partial charge in [-0.2, -0.15) is 0 Å². The highest BCUT2D eigenvalue weighted by atomic mass is 15.1. The molecule has 0 N–H and O–H groups in total.